The molecule has 0 atom stereocenters. The zero-order valence-corrected chi connectivity index (χ0v) is 15.0. The number of nitro groups is 1. The normalized spacial score (nSPS) is 10.8. The van der Waals surface area contributed by atoms with Gasteiger partial charge in [-0.15, -0.1) is 12.4 Å². The molecule has 0 aliphatic heterocycles. The first-order chi connectivity index (χ1) is 11.4. The summed E-state index contributed by atoms with van der Waals surface area (Å²) in [7, 11) is 0. The summed E-state index contributed by atoms with van der Waals surface area (Å²) >= 11 is 0. The number of carbonyl (C=O) groups is 1. The maximum atomic E-state index is 12.4. The second-order valence-electron chi connectivity index (χ2n) is 5.59. The molecule has 25 heavy (non-hydrogen) atoms. The Morgan fingerprint density at radius 1 is 1.32 bits per heavy atom. The quantitative estimate of drug-likeness (QED) is 0.576. The Balaban J connectivity index is 0.00000312. The fourth-order valence-electron chi connectivity index (χ4n) is 2.39. The third kappa shape index (κ3) is 4.55. The van der Waals surface area contributed by atoms with Crippen molar-refractivity contribution in [2.24, 2.45) is 5.73 Å². The number of nitro benzene ring substituents is 1. The molecule has 9 heteroatoms. The summed E-state index contributed by atoms with van der Waals surface area (Å²) in [4.78, 5) is 22.6. The standard InChI is InChI=1S/C16H21N5O3.ClH/c1-3-16(4-2,11-17)19-15(22)12-9-18-20(10-12)13-5-7-14(8-6-13)21(23)24;/h5-10H,3-4,11,17H2,1-2H3,(H,19,22);1H. The number of amides is 1. The van der Waals surface area contributed by atoms with Crippen LogP contribution < -0.4 is 11.1 Å². The van der Waals surface area contributed by atoms with E-state index in [1.54, 1.807) is 18.3 Å². The van der Waals surface area contributed by atoms with Crippen LogP contribution in [0.2, 0.25) is 0 Å². The minimum absolute atomic E-state index is 0. The van der Waals surface area contributed by atoms with E-state index in [2.05, 4.69) is 10.4 Å². The maximum absolute atomic E-state index is 12.4. The summed E-state index contributed by atoms with van der Waals surface area (Å²) in [5.41, 5.74) is 6.42. The van der Waals surface area contributed by atoms with Crippen molar-refractivity contribution in [3.8, 4) is 5.69 Å². The fraction of sp³-hybridized carbons (Fsp3) is 0.375. The largest absolute Gasteiger partial charge is 0.345 e. The highest BCUT2D eigenvalue weighted by atomic mass is 35.5. The molecule has 0 saturated heterocycles. The van der Waals surface area contributed by atoms with Crippen LogP contribution in [0.3, 0.4) is 0 Å². The van der Waals surface area contributed by atoms with Crippen molar-refractivity contribution in [1.29, 1.82) is 0 Å². The molecule has 0 aliphatic carbocycles. The molecular formula is C16H22ClN5O3. The molecule has 0 saturated carbocycles. The first-order valence-electron chi connectivity index (χ1n) is 7.76. The van der Waals surface area contributed by atoms with E-state index in [1.165, 1.54) is 23.0 Å². The number of rotatable bonds is 7. The molecule has 1 amide bonds. The zero-order valence-electron chi connectivity index (χ0n) is 14.1. The van der Waals surface area contributed by atoms with E-state index in [9.17, 15) is 14.9 Å². The monoisotopic (exact) mass is 367 g/mol. The van der Waals surface area contributed by atoms with Crippen molar-refractivity contribution in [2.45, 2.75) is 32.2 Å². The minimum atomic E-state index is -0.465. The van der Waals surface area contributed by atoms with E-state index in [0.717, 1.165) is 12.8 Å². The summed E-state index contributed by atoms with van der Waals surface area (Å²) in [5.74, 6) is -0.239. The number of nitrogens with two attached hydrogens (primary N) is 1. The summed E-state index contributed by atoms with van der Waals surface area (Å²) in [6, 6.07) is 5.94. The highest BCUT2D eigenvalue weighted by Gasteiger charge is 2.27. The van der Waals surface area contributed by atoms with Crippen LogP contribution in [0.25, 0.3) is 5.69 Å². The lowest BCUT2D eigenvalue weighted by Gasteiger charge is -2.31. The first-order valence-corrected chi connectivity index (χ1v) is 7.76. The number of hydrogen-bond donors (Lipinski definition) is 2. The lowest BCUT2D eigenvalue weighted by Crippen LogP contribution is -2.52. The average Bonchev–Trinajstić information content (AvgIpc) is 3.10. The highest BCUT2D eigenvalue weighted by Crippen LogP contribution is 2.17. The van der Waals surface area contributed by atoms with Gasteiger partial charge in [0.1, 0.15) is 0 Å². The van der Waals surface area contributed by atoms with Gasteiger partial charge < -0.3 is 11.1 Å². The third-order valence-corrected chi connectivity index (χ3v) is 4.29. The lowest BCUT2D eigenvalue weighted by atomic mass is 9.92. The van der Waals surface area contributed by atoms with Crippen LogP contribution in [0.5, 0.6) is 0 Å². The predicted octanol–water partition coefficient (Wildman–Crippen LogP) is 2.45. The van der Waals surface area contributed by atoms with Gasteiger partial charge in [-0.2, -0.15) is 5.10 Å². The number of aromatic nitrogens is 2. The van der Waals surface area contributed by atoms with Crippen molar-refractivity contribution in [1.82, 2.24) is 15.1 Å². The number of hydrogen-bond acceptors (Lipinski definition) is 5. The number of carbonyl (C=O) groups excluding carboxylic acids is 1. The van der Waals surface area contributed by atoms with Crippen LogP contribution in [0.1, 0.15) is 37.0 Å². The Bertz CT molecular complexity index is 717. The smallest absolute Gasteiger partial charge is 0.269 e. The molecule has 3 N–H and O–H groups in total. The summed E-state index contributed by atoms with van der Waals surface area (Å²) in [5, 5.41) is 17.8. The van der Waals surface area contributed by atoms with Gasteiger partial charge in [-0.1, -0.05) is 13.8 Å². The summed E-state index contributed by atoms with van der Waals surface area (Å²) in [6.45, 7) is 4.33. The number of non-ortho nitro benzene ring substituents is 1. The molecule has 0 radical (unpaired) electrons. The van der Waals surface area contributed by atoms with Gasteiger partial charge >= 0.3 is 0 Å². The van der Waals surface area contributed by atoms with Crippen molar-refractivity contribution >= 4 is 24.0 Å². The van der Waals surface area contributed by atoms with Crippen LogP contribution in [0.15, 0.2) is 36.7 Å². The Morgan fingerprint density at radius 2 is 1.92 bits per heavy atom. The van der Waals surface area contributed by atoms with E-state index >= 15 is 0 Å². The molecule has 0 fully saturated rings. The highest BCUT2D eigenvalue weighted by molar-refractivity contribution is 5.94. The minimum Gasteiger partial charge on any atom is -0.345 e. The lowest BCUT2D eigenvalue weighted by molar-refractivity contribution is -0.384. The van der Waals surface area contributed by atoms with Crippen LogP contribution >= 0.6 is 12.4 Å². The van der Waals surface area contributed by atoms with E-state index in [4.69, 9.17) is 5.73 Å². The third-order valence-electron chi connectivity index (χ3n) is 4.29. The second kappa shape index (κ2) is 8.59. The van der Waals surface area contributed by atoms with Crippen molar-refractivity contribution < 1.29 is 9.72 Å². The van der Waals surface area contributed by atoms with Crippen molar-refractivity contribution in [2.75, 3.05) is 6.54 Å². The van der Waals surface area contributed by atoms with Crippen LogP contribution in [0, 0.1) is 10.1 Å². The molecule has 1 aromatic carbocycles. The molecule has 0 aliphatic rings. The number of benzene rings is 1. The maximum Gasteiger partial charge on any atom is 0.269 e. The fourth-order valence-corrected chi connectivity index (χ4v) is 2.39. The molecule has 0 unspecified atom stereocenters. The Morgan fingerprint density at radius 3 is 2.40 bits per heavy atom. The van der Waals surface area contributed by atoms with E-state index in [-0.39, 0.29) is 24.0 Å². The molecule has 0 spiro atoms. The molecule has 136 valence electrons. The van der Waals surface area contributed by atoms with Crippen molar-refractivity contribution in [3.05, 3.63) is 52.3 Å². The van der Waals surface area contributed by atoms with Gasteiger partial charge in [-0.25, -0.2) is 4.68 Å². The molecule has 8 nitrogen and oxygen atoms in total. The van der Waals surface area contributed by atoms with Gasteiger partial charge in [0, 0.05) is 24.9 Å². The van der Waals surface area contributed by atoms with E-state index < -0.39 is 10.5 Å². The zero-order chi connectivity index (χ0) is 17.7. The van der Waals surface area contributed by atoms with Crippen LogP contribution in [-0.4, -0.2) is 32.7 Å². The molecule has 1 heterocycles. The van der Waals surface area contributed by atoms with Gasteiger partial charge in [0.25, 0.3) is 11.6 Å². The first kappa shape index (κ1) is 20.6. The Labute approximate surface area is 152 Å². The molecule has 0 bridgehead atoms. The van der Waals surface area contributed by atoms with Gasteiger partial charge in [0.2, 0.25) is 0 Å². The Kier molecular flexibility index (Phi) is 7.08. The van der Waals surface area contributed by atoms with Crippen molar-refractivity contribution in [3.63, 3.8) is 0 Å². The molecule has 1 aromatic heterocycles. The van der Waals surface area contributed by atoms with E-state index in [0.29, 0.717) is 17.8 Å². The second-order valence-corrected chi connectivity index (χ2v) is 5.59. The topological polar surface area (TPSA) is 116 Å². The summed E-state index contributed by atoms with van der Waals surface area (Å²) in [6.07, 6.45) is 4.52. The SMILES string of the molecule is CCC(CC)(CN)NC(=O)c1cnn(-c2ccc([N+](=O)[O-])cc2)c1.Cl. The van der Waals surface area contributed by atoms with Gasteiger partial charge in [-0.3, -0.25) is 14.9 Å². The Hall–Kier alpha value is -2.45. The average molecular weight is 368 g/mol. The van der Waals surface area contributed by atoms with E-state index in [1.807, 2.05) is 13.8 Å². The number of halogens is 1. The number of nitrogens with zero attached hydrogens (tertiary/aromatic N) is 3. The molecular weight excluding hydrogens is 346 g/mol. The summed E-state index contributed by atoms with van der Waals surface area (Å²) < 4.78 is 1.50. The van der Waals surface area contributed by atoms with Crippen LogP contribution in [-0.2, 0) is 0 Å². The van der Waals surface area contributed by atoms with Gasteiger partial charge in [0.05, 0.1) is 27.9 Å². The van der Waals surface area contributed by atoms with Gasteiger partial charge in [-0.05, 0) is 25.0 Å². The van der Waals surface area contributed by atoms with Crippen LogP contribution in [0.4, 0.5) is 5.69 Å². The predicted molar refractivity (Wildman–Crippen MR) is 97.3 cm³/mol. The molecule has 2 aromatic rings. The van der Waals surface area contributed by atoms with Gasteiger partial charge in [0.15, 0.2) is 0 Å². The molecule has 2 rings (SSSR count). The number of nitrogens with one attached hydrogen (secondary N) is 1.